The van der Waals surface area contributed by atoms with E-state index >= 15 is 0 Å². The number of para-hydroxylation sites is 1. The van der Waals surface area contributed by atoms with Crippen LogP contribution in [0, 0.1) is 0 Å². The molecule has 2 N–H and O–H groups in total. The molecule has 6 nitrogen and oxygen atoms in total. The first-order valence-corrected chi connectivity index (χ1v) is 7.72. The summed E-state index contributed by atoms with van der Waals surface area (Å²) in [5.41, 5.74) is 1.06. The molecule has 0 bridgehead atoms. The molecule has 1 saturated heterocycles. The third-order valence-electron chi connectivity index (χ3n) is 3.55. The second-order valence-corrected chi connectivity index (χ2v) is 5.85. The van der Waals surface area contributed by atoms with Crippen LogP contribution in [-0.2, 0) is 0 Å². The lowest BCUT2D eigenvalue weighted by atomic mass is 10.1. The molecule has 1 aromatic heterocycles. The van der Waals surface area contributed by atoms with Gasteiger partial charge in [0.25, 0.3) is 5.91 Å². The Hall–Kier alpha value is -1.73. The smallest absolute Gasteiger partial charge is 0.277 e. The number of nitrogens with one attached hydrogen (secondary N) is 2. The maximum absolute atomic E-state index is 12.2. The van der Waals surface area contributed by atoms with E-state index in [0.717, 1.165) is 36.1 Å². The minimum atomic E-state index is -0.248. The van der Waals surface area contributed by atoms with Gasteiger partial charge in [0.1, 0.15) is 0 Å². The molecular weight excluding hydrogens is 334 g/mol. The van der Waals surface area contributed by atoms with Crippen molar-refractivity contribution in [2.75, 3.05) is 18.4 Å². The van der Waals surface area contributed by atoms with Gasteiger partial charge >= 0.3 is 0 Å². The number of halogens is 1. The summed E-state index contributed by atoms with van der Waals surface area (Å²) in [6.45, 7) is 1.95. The molecule has 0 radical (unpaired) electrons. The summed E-state index contributed by atoms with van der Waals surface area (Å²) in [6.07, 6.45) is 3.74. The maximum atomic E-state index is 12.2. The SMILES string of the molecule is O=C(Nc1ccccc1Br)c1cn(C2CCNCC2)nn1. The van der Waals surface area contributed by atoms with Crippen LogP contribution in [0.3, 0.4) is 0 Å². The van der Waals surface area contributed by atoms with Gasteiger partial charge < -0.3 is 10.6 Å². The van der Waals surface area contributed by atoms with Gasteiger partial charge in [-0.25, -0.2) is 4.68 Å². The van der Waals surface area contributed by atoms with Crippen molar-refractivity contribution in [1.29, 1.82) is 0 Å². The van der Waals surface area contributed by atoms with Gasteiger partial charge in [-0.2, -0.15) is 0 Å². The zero-order valence-corrected chi connectivity index (χ0v) is 13.0. The molecule has 0 aliphatic carbocycles. The largest absolute Gasteiger partial charge is 0.319 e. The fourth-order valence-electron chi connectivity index (χ4n) is 2.38. The summed E-state index contributed by atoms with van der Waals surface area (Å²) in [5, 5.41) is 14.2. The number of piperidine rings is 1. The molecule has 1 amide bonds. The van der Waals surface area contributed by atoms with E-state index in [2.05, 4.69) is 36.9 Å². The molecule has 7 heteroatoms. The number of nitrogens with zero attached hydrogens (tertiary/aromatic N) is 3. The molecule has 3 rings (SSSR count). The Bertz CT molecular complexity index is 636. The molecule has 1 aromatic carbocycles. The summed E-state index contributed by atoms with van der Waals surface area (Å²) in [5.74, 6) is -0.248. The van der Waals surface area contributed by atoms with Crippen molar-refractivity contribution in [3.05, 3.63) is 40.6 Å². The highest BCUT2D eigenvalue weighted by atomic mass is 79.9. The Morgan fingerprint density at radius 1 is 1.33 bits per heavy atom. The van der Waals surface area contributed by atoms with Crippen molar-refractivity contribution in [2.24, 2.45) is 0 Å². The van der Waals surface area contributed by atoms with Crippen LogP contribution in [0.4, 0.5) is 5.69 Å². The van der Waals surface area contributed by atoms with Crippen molar-refractivity contribution in [3.63, 3.8) is 0 Å². The topological polar surface area (TPSA) is 71.8 Å². The summed E-state index contributed by atoms with van der Waals surface area (Å²) in [6, 6.07) is 7.80. The number of amides is 1. The average molecular weight is 350 g/mol. The highest BCUT2D eigenvalue weighted by Crippen LogP contribution is 2.22. The zero-order valence-electron chi connectivity index (χ0n) is 11.4. The van der Waals surface area contributed by atoms with Crippen molar-refractivity contribution in [2.45, 2.75) is 18.9 Å². The van der Waals surface area contributed by atoms with Gasteiger partial charge in [-0.1, -0.05) is 17.3 Å². The van der Waals surface area contributed by atoms with Crippen LogP contribution < -0.4 is 10.6 Å². The quantitative estimate of drug-likeness (QED) is 0.891. The first kappa shape index (κ1) is 14.2. The van der Waals surface area contributed by atoms with E-state index < -0.39 is 0 Å². The predicted molar refractivity (Wildman–Crippen MR) is 83.3 cm³/mol. The van der Waals surface area contributed by atoms with Gasteiger partial charge in [-0.05, 0) is 54.0 Å². The highest BCUT2D eigenvalue weighted by Gasteiger charge is 2.19. The monoisotopic (exact) mass is 349 g/mol. The van der Waals surface area contributed by atoms with Crippen LogP contribution >= 0.6 is 15.9 Å². The maximum Gasteiger partial charge on any atom is 0.277 e. The number of anilines is 1. The molecule has 2 aromatic rings. The van der Waals surface area contributed by atoms with Crippen LogP contribution in [0.15, 0.2) is 34.9 Å². The number of aromatic nitrogens is 3. The second kappa shape index (κ2) is 6.36. The molecule has 0 unspecified atom stereocenters. The lowest BCUT2D eigenvalue weighted by Crippen LogP contribution is -2.29. The first-order chi connectivity index (χ1) is 10.2. The molecule has 0 atom stereocenters. The van der Waals surface area contributed by atoms with Crippen molar-refractivity contribution >= 4 is 27.5 Å². The zero-order chi connectivity index (χ0) is 14.7. The van der Waals surface area contributed by atoms with Gasteiger partial charge in [-0.15, -0.1) is 5.10 Å². The Morgan fingerprint density at radius 2 is 2.10 bits per heavy atom. The number of carbonyl (C=O) groups excluding carboxylic acids is 1. The van der Waals surface area contributed by atoms with Gasteiger partial charge in [0.2, 0.25) is 0 Å². The third kappa shape index (κ3) is 3.30. The summed E-state index contributed by atoms with van der Waals surface area (Å²) < 4.78 is 2.64. The number of benzene rings is 1. The van der Waals surface area contributed by atoms with Crippen LogP contribution in [0.5, 0.6) is 0 Å². The van der Waals surface area contributed by atoms with Crippen LogP contribution in [-0.4, -0.2) is 34.0 Å². The highest BCUT2D eigenvalue weighted by molar-refractivity contribution is 9.10. The third-order valence-corrected chi connectivity index (χ3v) is 4.24. The molecule has 1 aliphatic heterocycles. The molecule has 2 heterocycles. The van der Waals surface area contributed by atoms with E-state index in [0.29, 0.717) is 11.7 Å². The van der Waals surface area contributed by atoms with Gasteiger partial charge in [-0.3, -0.25) is 4.79 Å². The Balaban J connectivity index is 1.71. The first-order valence-electron chi connectivity index (χ1n) is 6.92. The van der Waals surface area contributed by atoms with E-state index in [-0.39, 0.29) is 5.91 Å². The standard InChI is InChI=1S/C14H16BrN5O/c15-11-3-1-2-4-12(11)17-14(21)13-9-20(19-18-13)10-5-7-16-8-6-10/h1-4,9-10,16H,5-8H2,(H,17,21). The number of carbonyl (C=O) groups is 1. The molecular formula is C14H16BrN5O. The minimum absolute atomic E-state index is 0.248. The van der Waals surface area contributed by atoms with E-state index in [1.807, 2.05) is 24.3 Å². The van der Waals surface area contributed by atoms with E-state index in [9.17, 15) is 4.79 Å². The molecule has 1 aliphatic rings. The molecule has 110 valence electrons. The lowest BCUT2D eigenvalue weighted by Gasteiger charge is -2.22. The van der Waals surface area contributed by atoms with Crippen LogP contribution in [0.2, 0.25) is 0 Å². The Kier molecular flexibility index (Phi) is 4.31. The number of rotatable bonds is 3. The van der Waals surface area contributed by atoms with Crippen LogP contribution in [0.1, 0.15) is 29.4 Å². The lowest BCUT2D eigenvalue weighted by molar-refractivity contribution is 0.102. The average Bonchev–Trinajstić information content (AvgIpc) is 3.00. The Labute approximate surface area is 131 Å². The predicted octanol–water partition coefficient (Wildman–Crippen LogP) is 2.22. The fourth-order valence-corrected chi connectivity index (χ4v) is 2.76. The molecule has 1 fully saturated rings. The Morgan fingerprint density at radius 3 is 2.86 bits per heavy atom. The van der Waals surface area contributed by atoms with Crippen molar-refractivity contribution in [3.8, 4) is 0 Å². The summed E-state index contributed by atoms with van der Waals surface area (Å²) in [7, 11) is 0. The number of hydrogen-bond donors (Lipinski definition) is 2. The van der Waals surface area contributed by atoms with Crippen molar-refractivity contribution in [1.82, 2.24) is 20.3 Å². The second-order valence-electron chi connectivity index (χ2n) is 5.00. The van der Waals surface area contributed by atoms with Crippen LogP contribution in [0.25, 0.3) is 0 Å². The summed E-state index contributed by atoms with van der Waals surface area (Å²) in [4.78, 5) is 12.2. The molecule has 0 saturated carbocycles. The number of hydrogen-bond acceptors (Lipinski definition) is 4. The van der Waals surface area contributed by atoms with Crippen molar-refractivity contribution < 1.29 is 4.79 Å². The van der Waals surface area contributed by atoms with Gasteiger partial charge in [0.05, 0.1) is 17.9 Å². The minimum Gasteiger partial charge on any atom is -0.319 e. The van der Waals surface area contributed by atoms with Gasteiger partial charge in [0, 0.05) is 4.47 Å². The van der Waals surface area contributed by atoms with E-state index in [1.54, 1.807) is 10.9 Å². The normalized spacial score (nSPS) is 15.9. The van der Waals surface area contributed by atoms with E-state index in [4.69, 9.17) is 0 Å². The molecule has 0 spiro atoms. The van der Waals surface area contributed by atoms with Gasteiger partial charge in [0.15, 0.2) is 5.69 Å². The van der Waals surface area contributed by atoms with E-state index in [1.165, 1.54) is 0 Å². The fraction of sp³-hybridized carbons (Fsp3) is 0.357. The summed E-state index contributed by atoms with van der Waals surface area (Å²) >= 11 is 3.40. The molecule has 21 heavy (non-hydrogen) atoms.